The van der Waals surface area contributed by atoms with Crippen molar-refractivity contribution in [3.05, 3.63) is 282 Å². The number of hydrogen-bond acceptors (Lipinski definition) is 7. The van der Waals surface area contributed by atoms with Gasteiger partial charge in [0.05, 0.1) is 44.6 Å². The van der Waals surface area contributed by atoms with Crippen LogP contribution in [0.3, 0.4) is 0 Å². The molecule has 0 spiro atoms. The molecule has 0 saturated carbocycles. The van der Waals surface area contributed by atoms with Gasteiger partial charge in [-0.05, 0) is 267 Å². The predicted octanol–water partition coefficient (Wildman–Crippen LogP) is 26.3. The highest BCUT2D eigenvalue weighted by molar-refractivity contribution is 9.11. The summed E-state index contributed by atoms with van der Waals surface area (Å²) in [5.74, 6) is 0. The van der Waals surface area contributed by atoms with Crippen LogP contribution >= 0.6 is 122 Å². The van der Waals surface area contributed by atoms with Crippen LogP contribution in [0.15, 0.2) is 282 Å². The van der Waals surface area contributed by atoms with Crippen molar-refractivity contribution in [1.29, 1.82) is 0 Å². The van der Waals surface area contributed by atoms with Crippen LogP contribution < -0.4 is 21.3 Å². The summed E-state index contributed by atoms with van der Waals surface area (Å²) in [6.45, 7) is 27.8. The Hall–Kier alpha value is -3.27. The quantitative estimate of drug-likeness (QED) is 0.0705. The van der Waals surface area contributed by atoms with Gasteiger partial charge in [0.1, 0.15) is 0 Å². The second-order valence-corrected chi connectivity index (χ2v) is 65.7. The van der Waals surface area contributed by atoms with E-state index in [0.29, 0.717) is 0 Å². The Balaban J connectivity index is 0.000000142. The number of anilines is 3. The summed E-state index contributed by atoms with van der Waals surface area (Å²) in [4.78, 5) is 2.23. The van der Waals surface area contributed by atoms with Crippen LogP contribution in [0.4, 0.5) is 17.1 Å². The Morgan fingerprint density at radius 2 is 0.679 bits per heavy atom. The molecule has 4 heterocycles. The molecular weight excluding hydrogens is 1680 g/mol. The Morgan fingerprint density at radius 3 is 1.11 bits per heavy atom. The normalized spacial score (nSPS) is 16.8. The van der Waals surface area contributed by atoms with Crippen molar-refractivity contribution in [3.8, 4) is 50.2 Å². The predicted molar refractivity (Wildman–Crippen MR) is 513 cm³/mol. The molecule has 1 radical (unpaired) electrons. The summed E-state index contributed by atoms with van der Waals surface area (Å²) < 4.78 is 41.9. The summed E-state index contributed by atoms with van der Waals surface area (Å²) in [5, 5.41) is 2.52. The molecule has 8 unspecified atom stereocenters. The second-order valence-electron chi connectivity index (χ2n) is 30.1. The van der Waals surface area contributed by atoms with Gasteiger partial charge in [-0.2, -0.15) is 0 Å². The molecule has 557 valence electrons. The van der Waals surface area contributed by atoms with E-state index < -0.39 is 0 Å². The fourth-order valence-electron chi connectivity index (χ4n) is 12.8. The van der Waals surface area contributed by atoms with Crippen molar-refractivity contribution in [1.82, 2.24) is 4.57 Å². The maximum atomic E-state index is 6.30. The van der Waals surface area contributed by atoms with Gasteiger partial charge in [-0.1, -0.05) is 218 Å². The van der Waals surface area contributed by atoms with E-state index in [0.717, 1.165) is 55.9 Å². The number of halogens is 2. The number of benzene rings is 11. The van der Waals surface area contributed by atoms with Crippen LogP contribution in [0.2, 0.25) is 0 Å². The Labute approximate surface area is 685 Å². The van der Waals surface area contributed by atoms with Gasteiger partial charge in [-0.25, -0.2) is 0 Å². The first-order chi connectivity index (χ1) is 51.8. The molecular formula is C84H94B4Br2N2O6P11. The molecule has 15 rings (SSSR count). The highest BCUT2D eigenvalue weighted by Gasteiger charge is 2.54. The van der Waals surface area contributed by atoms with Gasteiger partial charge in [-0.15, -0.1) is 53.6 Å². The standard InChI is InChI=1S/C30H28BNO2.C30H29BO2.C24H24BBr2NO2.BH13P11/c1-29(2)30(3,4)34-31(33-29)23-17-14-21(15-18-23)22-16-19-28-26(20-22)25-12-8-9-13-27(25)32(28)24-10-6-5-7-11-24;1-29(2)30(3,4)33-31(32-29)28-17-11-16-24(21-28)27-19-25(22-12-7-5-8-13-22)18-26(20-27)23-14-9-6-10-15-23;1-23(2)24(3,4)30-25(29-23)17-5-11-20(12-6-17)28(21-13-7-18(26)8-14-21)22-15-9-19(27)10-16-22;2-8-9(3)1-10(11(4)5)12(6)7/h5-20H,1-4H3;5-21H,1-4H3;5-16H,1-4H3;8H,2-7H2. The third-order valence-electron chi connectivity index (χ3n) is 21.0. The first kappa shape index (κ1) is 85.1. The van der Waals surface area contributed by atoms with Gasteiger partial charge >= 0.3 is 21.4 Å². The van der Waals surface area contributed by atoms with Crippen molar-refractivity contribution < 1.29 is 27.9 Å². The van der Waals surface area contributed by atoms with Crippen LogP contribution in [-0.4, -0.2) is 66.2 Å². The summed E-state index contributed by atoms with van der Waals surface area (Å²) in [5.41, 5.74) is 17.4. The average molecular weight is 1770 g/mol. The maximum Gasteiger partial charge on any atom is 0.494 e. The summed E-state index contributed by atoms with van der Waals surface area (Å²) in [6, 6.07) is 96.0. The molecule has 109 heavy (non-hydrogen) atoms. The molecule has 8 nitrogen and oxygen atoms in total. The molecule has 0 aliphatic carbocycles. The zero-order valence-corrected chi connectivity index (χ0v) is 78.3. The largest absolute Gasteiger partial charge is 0.494 e. The van der Waals surface area contributed by atoms with Crippen molar-refractivity contribution in [2.45, 2.75) is 117 Å². The number of nitrogens with zero attached hydrogens (tertiary/aromatic N) is 2. The molecule has 12 aromatic rings. The number of hydrogen-bond donors (Lipinski definition) is 0. The molecule has 0 bridgehead atoms. The molecule has 3 fully saturated rings. The summed E-state index contributed by atoms with van der Waals surface area (Å²) >= 11 is 7.06. The van der Waals surface area contributed by atoms with Gasteiger partial charge < -0.3 is 37.4 Å². The van der Waals surface area contributed by atoms with E-state index in [-0.39, 0.29) is 83.3 Å². The topological polar surface area (TPSA) is 63.6 Å². The molecule has 3 saturated heterocycles. The van der Waals surface area contributed by atoms with Crippen molar-refractivity contribution in [2.24, 2.45) is 0 Å². The van der Waals surface area contributed by atoms with Crippen LogP contribution in [0.25, 0.3) is 72.0 Å². The SMILES string of the molecule is CC1(C)OB(c2ccc(-c3ccc4c(c3)c3ccccc3n4-c3ccccc3)cc2)OC1(C)C.CC1(C)OB(c2ccc(N(c3ccc(Br)cc3)c3ccc(Br)cc3)cc2)OC1(C)C.CC1(C)OB(c2cccc(-c3cc(-c4ccccc4)cc(-c4ccccc4)c3)c2)OC1(C)C.PPP(P)[B]P(P(P)P)P(P)P. The lowest BCUT2D eigenvalue weighted by Crippen LogP contribution is -2.41. The maximum absolute atomic E-state index is 6.30. The molecule has 0 amide bonds. The number of para-hydroxylation sites is 2. The van der Waals surface area contributed by atoms with Crippen molar-refractivity contribution in [2.75, 3.05) is 4.90 Å². The Morgan fingerprint density at radius 1 is 0.339 bits per heavy atom. The monoisotopic (exact) mass is 1770 g/mol. The van der Waals surface area contributed by atoms with Gasteiger partial charge in [0.15, 0.2) is 0 Å². The highest BCUT2D eigenvalue weighted by Crippen LogP contribution is 2.99. The molecule has 25 heteroatoms. The van der Waals surface area contributed by atoms with Crippen LogP contribution in [0, 0.1) is 0 Å². The van der Waals surface area contributed by atoms with Crippen molar-refractivity contribution in [3.63, 3.8) is 0 Å². The van der Waals surface area contributed by atoms with Gasteiger partial charge in [0, 0.05) is 42.5 Å². The second kappa shape index (κ2) is 36.5. The lowest BCUT2D eigenvalue weighted by Gasteiger charge is -2.32. The van der Waals surface area contributed by atoms with E-state index >= 15 is 0 Å². The highest BCUT2D eigenvalue weighted by atomic mass is 79.9. The van der Waals surface area contributed by atoms with Gasteiger partial charge in [0.2, 0.25) is 6.72 Å². The molecule has 1 aromatic heterocycles. The van der Waals surface area contributed by atoms with Crippen LogP contribution in [0.1, 0.15) is 83.1 Å². The van der Waals surface area contributed by atoms with Crippen LogP contribution in [-0.2, 0) is 27.9 Å². The number of rotatable bonds is 16. The lowest BCUT2D eigenvalue weighted by atomic mass is 9.78. The first-order valence-corrected chi connectivity index (χ1v) is 56.3. The fraction of sp³-hybridized carbons (Fsp3) is 0.214. The Bertz CT molecular complexity index is 4900. The number of aromatic nitrogens is 1. The van der Waals surface area contributed by atoms with E-state index in [4.69, 9.17) is 27.9 Å². The minimum Gasteiger partial charge on any atom is -0.399 e. The van der Waals surface area contributed by atoms with Gasteiger partial charge in [-0.3, -0.25) is 0 Å². The first-order valence-electron chi connectivity index (χ1n) is 36.1. The third kappa shape index (κ3) is 20.2. The van der Waals surface area contributed by atoms with E-state index in [1.54, 1.807) is 0 Å². The zero-order chi connectivity index (χ0) is 77.8. The molecule has 11 aromatic carbocycles. The van der Waals surface area contributed by atoms with E-state index in [1.807, 2.05) is 0 Å². The molecule has 0 N–H and O–H groups in total. The van der Waals surface area contributed by atoms with Crippen molar-refractivity contribution >= 4 is 205 Å². The smallest absolute Gasteiger partial charge is 0.399 e. The van der Waals surface area contributed by atoms with E-state index in [2.05, 4.69) is 458 Å². The molecule has 3 aliphatic heterocycles. The average Bonchev–Trinajstić information content (AvgIpc) is 1.59. The lowest BCUT2D eigenvalue weighted by molar-refractivity contribution is 0.00578. The van der Waals surface area contributed by atoms with E-state index in [9.17, 15) is 0 Å². The molecule has 3 aliphatic rings. The minimum absolute atomic E-state index is 0.0862. The minimum atomic E-state index is -0.374. The van der Waals surface area contributed by atoms with Gasteiger partial charge in [0.25, 0.3) is 0 Å². The third-order valence-corrected chi connectivity index (χ3v) is 59.4. The zero-order valence-electron chi connectivity index (χ0n) is 63.6. The summed E-state index contributed by atoms with van der Waals surface area (Å²) in [6.07, 6.45) is 0. The summed E-state index contributed by atoms with van der Waals surface area (Å²) in [7, 11) is 17.8. The molecule has 8 atom stereocenters. The Kier molecular flexibility index (Phi) is 28.5. The van der Waals surface area contributed by atoms with E-state index in [1.165, 1.54) is 66.4 Å². The number of fused-ring (bicyclic) bond motifs is 3. The van der Waals surface area contributed by atoms with Crippen LogP contribution in [0.5, 0.6) is 0 Å². The fourth-order valence-corrected chi connectivity index (χ4v) is 63.3.